The lowest BCUT2D eigenvalue weighted by Gasteiger charge is -2.11. The van der Waals surface area contributed by atoms with Crippen LogP contribution in [0.4, 0.5) is 28.4 Å². The molecule has 3 aromatic carbocycles. The van der Waals surface area contributed by atoms with Gasteiger partial charge in [0.15, 0.2) is 0 Å². The third-order valence-corrected chi connectivity index (χ3v) is 4.62. The smallest absolute Gasteiger partial charge is 0.292 e. The minimum absolute atomic E-state index is 0.108. The van der Waals surface area contributed by atoms with Gasteiger partial charge in [0.2, 0.25) is 0 Å². The number of para-hydroxylation sites is 5. The predicted octanol–water partition coefficient (Wildman–Crippen LogP) is 4.07. The van der Waals surface area contributed by atoms with E-state index in [0.29, 0.717) is 0 Å². The molecule has 2 amide bonds. The second kappa shape index (κ2) is 10.4. The number of amides is 2. The predicted molar refractivity (Wildman–Crippen MR) is 125 cm³/mol. The fourth-order valence-electron chi connectivity index (χ4n) is 3.02. The third-order valence-electron chi connectivity index (χ3n) is 4.62. The van der Waals surface area contributed by atoms with Gasteiger partial charge < -0.3 is 10.6 Å². The van der Waals surface area contributed by atoms with Gasteiger partial charge in [-0.05, 0) is 24.3 Å². The molecule has 2 N–H and O–H groups in total. The summed E-state index contributed by atoms with van der Waals surface area (Å²) in [5.41, 5.74) is -2.57. The maximum Gasteiger partial charge on any atom is 0.292 e. The molecule has 0 aliphatic carbocycles. The summed E-state index contributed by atoms with van der Waals surface area (Å²) in [6.45, 7) is 0. The number of nitrogens with one attached hydrogen (secondary N) is 2. The normalized spacial score (nSPS) is 10.1. The van der Waals surface area contributed by atoms with Gasteiger partial charge in [0.05, 0.1) is 20.3 Å². The number of hydrogen-bond donors (Lipinski definition) is 2. The minimum atomic E-state index is -1.13. The molecule has 0 saturated carbocycles. The highest BCUT2D eigenvalue weighted by molar-refractivity contribution is 6.29. The van der Waals surface area contributed by atoms with Gasteiger partial charge in [-0.25, -0.2) is 0 Å². The number of nitrogens with zero attached hydrogens (tertiary/aromatic N) is 3. The average molecular weight is 477 g/mol. The van der Waals surface area contributed by atoms with E-state index in [2.05, 4.69) is 10.6 Å². The topological polar surface area (TPSA) is 188 Å². The monoisotopic (exact) mass is 477 g/mol. The number of nitro benzene ring substituents is 3. The quantitative estimate of drug-likeness (QED) is 0.160. The van der Waals surface area contributed by atoms with Crippen molar-refractivity contribution >= 4 is 46.3 Å². The molecule has 3 rings (SSSR count). The summed E-state index contributed by atoms with van der Waals surface area (Å²) >= 11 is 0. The lowest BCUT2D eigenvalue weighted by atomic mass is 10.1. The Balaban J connectivity index is 2.07. The molecule has 0 aliphatic rings. The first-order valence-electron chi connectivity index (χ1n) is 9.73. The van der Waals surface area contributed by atoms with Crippen LogP contribution < -0.4 is 10.6 Å². The Bertz CT molecular complexity index is 1310. The highest BCUT2D eigenvalue weighted by Crippen LogP contribution is 2.27. The Labute approximate surface area is 196 Å². The van der Waals surface area contributed by atoms with Crippen LogP contribution >= 0.6 is 0 Å². The van der Waals surface area contributed by atoms with Crippen molar-refractivity contribution in [1.29, 1.82) is 0 Å². The fraction of sp³-hybridized carbons (Fsp3) is 0. The molecule has 13 heteroatoms. The van der Waals surface area contributed by atoms with Gasteiger partial charge in [0.1, 0.15) is 16.9 Å². The van der Waals surface area contributed by atoms with Crippen molar-refractivity contribution in [1.82, 2.24) is 0 Å². The fourth-order valence-corrected chi connectivity index (χ4v) is 3.02. The Morgan fingerprint density at radius 1 is 0.600 bits per heavy atom. The van der Waals surface area contributed by atoms with Gasteiger partial charge in [-0.2, -0.15) is 0 Å². The standard InChI is InChI=1S/C22H15N5O8/c28-21(23-16-8-2-5-11-19(16)26(32)33)15(13-14-7-1-4-10-18(14)25(30)31)22(29)24-17-9-3-6-12-20(17)27(34)35/h1-13H,(H,23,28)(H,24,29). The van der Waals surface area contributed by atoms with Crippen LogP contribution in [0.1, 0.15) is 5.56 Å². The van der Waals surface area contributed by atoms with Crippen molar-refractivity contribution in [2.24, 2.45) is 0 Å². The van der Waals surface area contributed by atoms with Crippen LogP contribution in [0.3, 0.4) is 0 Å². The van der Waals surface area contributed by atoms with Crippen LogP contribution in [0, 0.1) is 30.3 Å². The molecule has 0 fully saturated rings. The van der Waals surface area contributed by atoms with Crippen LogP contribution in [0.2, 0.25) is 0 Å². The molecule has 3 aromatic rings. The van der Waals surface area contributed by atoms with Gasteiger partial charge in [0, 0.05) is 18.2 Å². The number of carbonyl (C=O) groups excluding carboxylic acids is 2. The zero-order valence-electron chi connectivity index (χ0n) is 17.6. The average Bonchev–Trinajstić information content (AvgIpc) is 2.82. The number of anilines is 2. The van der Waals surface area contributed by atoms with E-state index >= 15 is 0 Å². The van der Waals surface area contributed by atoms with E-state index in [1.165, 1.54) is 54.6 Å². The summed E-state index contributed by atoms with van der Waals surface area (Å²) in [5, 5.41) is 38.5. The maximum absolute atomic E-state index is 13.1. The summed E-state index contributed by atoms with van der Waals surface area (Å²) in [5.74, 6) is -2.26. The van der Waals surface area contributed by atoms with Crippen molar-refractivity contribution in [3.05, 3.63) is 114 Å². The Morgan fingerprint density at radius 3 is 1.40 bits per heavy atom. The first-order valence-corrected chi connectivity index (χ1v) is 9.73. The number of carbonyl (C=O) groups is 2. The molecule has 0 aromatic heterocycles. The summed E-state index contributed by atoms with van der Waals surface area (Å²) < 4.78 is 0. The lowest BCUT2D eigenvalue weighted by molar-refractivity contribution is -0.385. The molecule has 0 aliphatic heterocycles. The van der Waals surface area contributed by atoms with Gasteiger partial charge in [0.25, 0.3) is 28.9 Å². The molecule has 13 nitrogen and oxygen atoms in total. The van der Waals surface area contributed by atoms with E-state index in [-0.39, 0.29) is 16.9 Å². The number of hydrogen-bond acceptors (Lipinski definition) is 8. The van der Waals surface area contributed by atoms with Crippen molar-refractivity contribution in [2.45, 2.75) is 0 Å². The minimum Gasteiger partial charge on any atom is -0.316 e. The third kappa shape index (κ3) is 5.67. The molecule has 0 heterocycles. The SMILES string of the molecule is O=C(Nc1ccccc1[N+](=O)[O-])C(=Cc1ccccc1[N+](=O)[O-])C(=O)Nc1ccccc1[N+](=O)[O-]. The molecular weight excluding hydrogens is 462 g/mol. The summed E-state index contributed by atoms with van der Waals surface area (Å²) in [4.78, 5) is 57.9. The van der Waals surface area contributed by atoms with Crippen LogP contribution in [0.5, 0.6) is 0 Å². The van der Waals surface area contributed by atoms with E-state index < -0.39 is 49.2 Å². The number of rotatable bonds is 8. The van der Waals surface area contributed by atoms with Crippen molar-refractivity contribution in [3.63, 3.8) is 0 Å². The highest BCUT2D eigenvalue weighted by atomic mass is 16.6. The van der Waals surface area contributed by atoms with Crippen molar-refractivity contribution in [2.75, 3.05) is 10.6 Å². The molecule has 0 spiro atoms. The van der Waals surface area contributed by atoms with Crippen LogP contribution in [0.15, 0.2) is 78.4 Å². The van der Waals surface area contributed by atoms with Crippen molar-refractivity contribution in [3.8, 4) is 0 Å². The molecule has 0 atom stereocenters. The van der Waals surface area contributed by atoms with E-state index in [9.17, 15) is 39.9 Å². The Kier molecular flexibility index (Phi) is 7.21. The van der Waals surface area contributed by atoms with Gasteiger partial charge in [-0.1, -0.05) is 36.4 Å². The molecule has 176 valence electrons. The first-order chi connectivity index (χ1) is 16.7. The molecule has 0 unspecified atom stereocenters. The number of benzene rings is 3. The largest absolute Gasteiger partial charge is 0.316 e. The second-order valence-electron chi connectivity index (χ2n) is 6.83. The Morgan fingerprint density at radius 2 is 0.971 bits per heavy atom. The molecule has 0 bridgehead atoms. The lowest BCUT2D eigenvalue weighted by Crippen LogP contribution is -2.26. The van der Waals surface area contributed by atoms with E-state index in [4.69, 9.17) is 0 Å². The van der Waals surface area contributed by atoms with Gasteiger partial charge in [-0.3, -0.25) is 39.9 Å². The zero-order valence-corrected chi connectivity index (χ0v) is 17.6. The Hall–Kier alpha value is -5.46. The van der Waals surface area contributed by atoms with Crippen LogP contribution in [0.25, 0.3) is 6.08 Å². The zero-order chi connectivity index (χ0) is 25.5. The molecule has 35 heavy (non-hydrogen) atoms. The first kappa shape index (κ1) is 24.2. The van der Waals surface area contributed by atoms with Crippen molar-refractivity contribution < 1.29 is 24.4 Å². The van der Waals surface area contributed by atoms with Gasteiger partial charge in [-0.15, -0.1) is 0 Å². The van der Waals surface area contributed by atoms with Gasteiger partial charge >= 0.3 is 0 Å². The molecule has 0 saturated heterocycles. The van der Waals surface area contributed by atoms with E-state index in [1.54, 1.807) is 0 Å². The number of nitro groups is 3. The summed E-state index contributed by atoms with van der Waals surface area (Å²) in [7, 11) is 0. The molecular formula is C22H15N5O8. The summed E-state index contributed by atoms with van der Waals surface area (Å²) in [6.07, 6.45) is 0.923. The van der Waals surface area contributed by atoms with E-state index in [1.807, 2.05) is 0 Å². The summed E-state index contributed by atoms with van der Waals surface area (Å²) in [6, 6.07) is 15.6. The van der Waals surface area contributed by atoms with Crippen LogP contribution in [-0.2, 0) is 9.59 Å². The molecule has 0 radical (unpaired) electrons. The maximum atomic E-state index is 13.1. The van der Waals surface area contributed by atoms with Crippen LogP contribution in [-0.4, -0.2) is 26.6 Å². The highest BCUT2D eigenvalue weighted by Gasteiger charge is 2.25. The van der Waals surface area contributed by atoms with E-state index in [0.717, 1.165) is 24.3 Å². The second-order valence-corrected chi connectivity index (χ2v) is 6.83.